The molecule has 1 aliphatic rings. The fourth-order valence-corrected chi connectivity index (χ4v) is 3.86. The molecule has 0 aromatic heterocycles. The molecule has 0 spiro atoms. The molecule has 5 nitrogen and oxygen atoms in total. The van der Waals surface area contributed by atoms with Crippen molar-refractivity contribution in [2.24, 2.45) is 0 Å². The summed E-state index contributed by atoms with van der Waals surface area (Å²) in [5, 5.41) is 0.637. The molecule has 0 atom stereocenters. The fourth-order valence-electron chi connectivity index (χ4n) is 3.22. The third kappa shape index (κ3) is 4.71. The largest absolute Gasteiger partial charge is 0.466 e. The Morgan fingerprint density at radius 3 is 2.03 bits per heavy atom. The van der Waals surface area contributed by atoms with Gasteiger partial charge >= 0.3 is 11.9 Å². The summed E-state index contributed by atoms with van der Waals surface area (Å²) in [4.78, 5) is 27.0. The lowest BCUT2D eigenvalue weighted by molar-refractivity contribution is -0.137. The first-order chi connectivity index (χ1) is 13.9. The smallest absolute Gasteiger partial charge is 0.336 e. The van der Waals surface area contributed by atoms with Crippen LogP contribution in [0.1, 0.15) is 17.0 Å². The molecule has 1 heterocycles. The average Bonchev–Trinajstić information content (AvgIpc) is 2.74. The molecule has 2 aromatic carbocycles. The number of methoxy groups -OCH3 is 2. The number of rotatable bonds is 5. The van der Waals surface area contributed by atoms with Gasteiger partial charge in [-0.2, -0.15) is 0 Å². The van der Waals surface area contributed by atoms with Crippen molar-refractivity contribution in [3.63, 3.8) is 0 Å². The Morgan fingerprint density at radius 1 is 0.966 bits per heavy atom. The number of carbonyl (C=O) groups is 2. The first-order valence-electron chi connectivity index (χ1n) is 8.79. The second-order valence-corrected chi connectivity index (χ2v) is 7.70. The van der Waals surface area contributed by atoms with Gasteiger partial charge in [0.05, 0.1) is 31.3 Å². The van der Waals surface area contributed by atoms with Gasteiger partial charge in [-0.25, -0.2) is 9.59 Å². The monoisotopic (exact) mass is 475 g/mol. The minimum atomic E-state index is -0.619. The predicted octanol–water partition coefficient (Wildman–Crippen LogP) is 4.82. The van der Waals surface area contributed by atoms with E-state index in [0.29, 0.717) is 22.7 Å². The number of esters is 2. The number of benzene rings is 2. The molecule has 0 unspecified atom stereocenters. The van der Waals surface area contributed by atoms with Gasteiger partial charge in [0.1, 0.15) is 0 Å². The van der Waals surface area contributed by atoms with E-state index in [4.69, 9.17) is 21.1 Å². The topological polar surface area (TPSA) is 55.8 Å². The molecule has 0 saturated heterocycles. The zero-order valence-electron chi connectivity index (χ0n) is 15.9. The first kappa shape index (κ1) is 21.1. The van der Waals surface area contributed by atoms with Gasteiger partial charge in [0.15, 0.2) is 0 Å². The maximum atomic E-state index is 12.6. The van der Waals surface area contributed by atoms with Crippen molar-refractivity contribution < 1.29 is 19.1 Å². The van der Waals surface area contributed by atoms with E-state index in [9.17, 15) is 9.59 Å². The molecule has 7 heteroatoms. The number of ether oxygens (including phenoxy) is 2. The Balaban J connectivity index is 2.08. The quantitative estimate of drug-likeness (QED) is 0.579. The second-order valence-electron chi connectivity index (χ2n) is 6.41. The van der Waals surface area contributed by atoms with Gasteiger partial charge < -0.3 is 14.4 Å². The second kappa shape index (κ2) is 9.29. The van der Waals surface area contributed by atoms with Crippen LogP contribution in [-0.2, 0) is 25.6 Å². The highest BCUT2D eigenvalue weighted by atomic mass is 79.9. The van der Waals surface area contributed by atoms with Crippen LogP contribution in [0.15, 0.2) is 76.5 Å². The normalized spacial score (nSPS) is 14.1. The van der Waals surface area contributed by atoms with Crippen molar-refractivity contribution in [3.05, 3.63) is 92.7 Å². The summed E-state index contributed by atoms with van der Waals surface area (Å²) < 4.78 is 10.8. The van der Waals surface area contributed by atoms with E-state index in [1.807, 2.05) is 36.4 Å². The predicted molar refractivity (Wildman–Crippen MR) is 114 cm³/mol. The molecule has 29 heavy (non-hydrogen) atoms. The first-order valence-corrected chi connectivity index (χ1v) is 9.96. The van der Waals surface area contributed by atoms with Gasteiger partial charge in [0.2, 0.25) is 0 Å². The molecule has 0 fully saturated rings. The summed E-state index contributed by atoms with van der Waals surface area (Å²) in [6.07, 6.45) is 3.41. The molecule has 0 radical (unpaired) electrons. The molecular weight excluding hydrogens is 458 g/mol. The molecule has 0 aliphatic carbocycles. The zero-order valence-corrected chi connectivity index (χ0v) is 18.2. The van der Waals surface area contributed by atoms with Crippen LogP contribution in [0.25, 0.3) is 0 Å². The Bertz CT molecular complexity index is 951. The summed E-state index contributed by atoms with van der Waals surface area (Å²) in [6, 6.07) is 14.8. The van der Waals surface area contributed by atoms with Crippen LogP contribution in [0.4, 0.5) is 0 Å². The van der Waals surface area contributed by atoms with Crippen LogP contribution in [0, 0.1) is 0 Å². The Hall–Kier alpha value is -2.57. The van der Waals surface area contributed by atoms with Gasteiger partial charge in [0.25, 0.3) is 0 Å². The van der Waals surface area contributed by atoms with Crippen LogP contribution in [0.3, 0.4) is 0 Å². The number of nitrogens with zero attached hydrogens (tertiary/aromatic N) is 1. The van der Waals surface area contributed by atoms with E-state index in [1.165, 1.54) is 14.2 Å². The van der Waals surface area contributed by atoms with Gasteiger partial charge in [-0.15, -0.1) is 0 Å². The van der Waals surface area contributed by atoms with Crippen molar-refractivity contribution in [1.29, 1.82) is 0 Å². The van der Waals surface area contributed by atoms with E-state index in [1.54, 1.807) is 29.4 Å². The summed E-state index contributed by atoms with van der Waals surface area (Å²) in [5.41, 5.74) is 2.43. The maximum Gasteiger partial charge on any atom is 0.336 e. The van der Waals surface area contributed by atoms with Crippen molar-refractivity contribution in [3.8, 4) is 0 Å². The van der Waals surface area contributed by atoms with E-state index >= 15 is 0 Å². The zero-order chi connectivity index (χ0) is 21.0. The average molecular weight is 477 g/mol. The van der Waals surface area contributed by atoms with Crippen LogP contribution in [0.2, 0.25) is 5.02 Å². The molecule has 3 rings (SSSR count). The van der Waals surface area contributed by atoms with E-state index < -0.39 is 17.9 Å². The molecule has 0 bridgehead atoms. The van der Waals surface area contributed by atoms with Gasteiger partial charge in [-0.05, 0) is 29.3 Å². The minimum Gasteiger partial charge on any atom is -0.466 e. The van der Waals surface area contributed by atoms with E-state index in [-0.39, 0.29) is 0 Å². The Labute approximate surface area is 182 Å². The van der Waals surface area contributed by atoms with Crippen molar-refractivity contribution in [1.82, 2.24) is 4.90 Å². The lowest BCUT2D eigenvalue weighted by Crippen LogP contribution is -2.28. The maximum absolute atomic E-state index is 12.6. The highest BCUT2D eigenvalue weighted by Gasteiger charge is 2.36. The molecule has 1 aliphatic heterocycles. The van der Waals surface area contributed by atoms with Crippen molar-refractivity contribution in [2.45, 2.75) is 12.5 Å². The highest BCUT2D eigenvalue weighted by molar-refractivity contribution is 9.10. The highest BCUT2D eigenvalue weighted by Crippen LogP contribution is 2.40. The third-order valence-corrected chi connectivity index (χ3v) is 5.54. The van der Waals surface area contributed by atoms with Crippen LogP contribution >= 0.6 is 27.5 Å². The van der Waals surface area contributed by atoms with Gasteiger partial charge in [0, 0.05) is 28.4 Å². The summed E-state index contributed by atoms with van der Waals surface area (Å²) in [5.74, 6) is -1.64. The number of hydrogen-bond acceptors (Lipinski definition) is 5. The molecule has 0 saturated carbocycles. The van der Waals surface area contributed by atoms with Crippen molar-refractivity contribution in [2.75, 3.05) is 14.2 Å². The lowest BCUT2D eigenvalue weighted by Gasteiger charge is -2.30. The molecule has 0 amide bonds. The summed E-state index contributed by atoms with van der Waals surface area (Å²) >= 11 is 9.48. The lowest BCUT2D eigenvalue weighted by atomic mass is 9.83. The van der Waals surface area contributed by atoms with Crippen LogP contribution < -0.4 is 0 Å². The Morgan fingerprint density at radius 2 is 1.52 bits per heavy atom. The van der Waals surface area contributed by atoms with Gasteiger partial charge in [-0.3, -0.25) is 0 Å². The van der Waals surface area contributed by atoms with Crippen LogP contribution in [-0.4, -0.2) is 31.1 Å². The Kier molecular flexibility index (Phi) is 6.77. The molecule has 0 N–H and O–H groups in total. The standard InChI is InChI=1S/C22H19BrClNO4/c1-28-21(26)17-12-25(11-14-7-9-15(24)10-8-14)13-18(22(27)29-2)20(17)16-5-3-4-6-19(16)23/h3-10,12-13,20H,11H2,1-2H3. The summed E-state index contributed by atoms with van der Waals surface area (Å²) in [7, 11) is 2.64. The molecule has 150 valence electrons. The number of carbonyl (C=O) groups excluding carboxylic acids is 2. The molecule has 2 aromatic rings. The third-order valence-electron chi connectivity index (χ3n) is 4.57. The SMILES string of the molecule is COC(=O)C1=CN(Cc2ccc(Cl)cc2)C=C(C(=O)OC)C1c1ccccc1Br. The molecular formula is C22H19BrClNO4. The van der Waals surface area contributed by atoms with Crippen LogP contribution in [0.5, 0.6) is 0 Å². The van der Waals surface area contributed by atoms with Gasteiger partial charge in [-0.1, -0.05) is 57.9 Å². The van der Waals surface area contributed by atoms with E-state index in [2.05, 4.69) is 15.9 Å². The minimum absolute atomic E-state index is 0.344. The van der Waals surface area contributed by atoms with E-state index in [0.717, 1.165) is 15.6 Å². The van der Waals surface area contributed by atoms with Crippen molar-refractivity contribution >= 4 is 39.5 Å². The number of halogens is 2. The summed E-state index contributed by atoms with van der Waals surface area (Å²) in [6.45, 7) is 0.445. The number of hydrogen-bond donors (Lipinski definition) is 0. The fraction of sp³-hybridized carbons (Fsp3) is 0.182.